The molecule has 3 atom stereocenters. The first-order valence-corrected chi connectivity index (χ1v) is 12.1. The van der Waals surface area contributed by atoms with Crippen molar-refractivity contribution in [3.8, 4) is 0 Å². The van der Waals surface area contributed by atoms with Crippen molar-refractivity contribution in [2.24, 2.45) is 17.8 Å². The van der Waals surface area contributed by atoms with Gasteiger partial charge in [0.05, 0.1) is 24.3 Å². The number of sulfonamides is 1. The fourth-order valence-corrected chi connectivity index (χ4v) is 6.35. The third-order valence-corrected chi connectivity index (χ3v) is 7.61. The second-order valence-corrected chi connectivity index (χ2v) is 10.5. The van der Waals surface area contributed by atoms with Gasteiger partial charge >= 0.3 is 0 Å². The second-order valence-electron chi connectivity index (χ2n) is 8.69. The standard InChI is InChI=1S/C19H33N3O4S/c1-13(2)17-18-15(22(19(17)24)27(3,25)26)9-12-21(18)16(23)6-4-5-14-7-10-20-11-8-14/h13-15,17-18,20H,4-12H2,1-3H3/t15-,17+,18-/m0/s1. The van der Waals surface area contributed by atoms with Gasteiger partial charge in [-0.2, -0.15) is 0 Å². The highest BCUT2D eigenvalue weighted by molar-refractivity contribution is 7.88. The van der Waals surface area contributed by atoms with Crippen LogP contribution in [0.2, 0.25) is 0 Å². The maximum atomic E-state index is 12.9. The Morgan fingerprint density at radius 2 is 1.89 bits per heavy atom. The molecule has 3 saturated heterocycles. The van der Waals surface area contributed by atoms with E-state index in [0.29, 0.717) is 25.3 Å². The molecule has 27 heavy (non-hydrogen) atoms. The predicted octanol–water partition coefficient (Wildman–Crippen LogP) is 1.20. The van der Waals surface area contributed by atoms with Crippen molar-refractivity contribution in [1.82, 2.24) is 14.5 Å². The van der Waals surface area contributed by atoms with E-state index < -0.39 is 22.0 Å². The Labute approximate surface area is 162 Å². The number of carbonyl (C=O) groups is 2. The van der Waals surface area contributed by atoms with Gasteiger partial charge in [-0.15, -0.1) is 0 Å². The molecule has 3 aliphatic heterocycles. The Morgan fingerprint density at radius 1 is 1.22 bits per heavy atom. The van der Waals surface area contributed by atoms with Crippen molar-refractivity contribution in [2.45, 2.75) is 64.5 Å². The SMILES string of the molecule is CC(C)[C@H]1C(=O)N(S(C)(=O)=O)[C@H]2CCN(C(=O)CCCC3CCNCC3)[C@H]12. The zero-order chi connectivity index (χ0) is 19.8. The maximum absolute atomic E-state index is 12.9. The van der Waals surface area contributed by atoms with E-state index in [1.807, 2.05) is 13.8 Å². The van der Waals surface area contributed by atoms with Crippen LogP contribution < -0.4 is 5.32 Å². The highest BCUT2D eigenvalue weighted by Gasteiger charge is 2.58. The molecule has 154 valence electrons. The number of hydrogen-bond donors (Lipinski definition) is 1. The Balaban J connectivity index is 1.66. The molecule has 0 aliphatic carbocycles. The van der Waals surface area contributed by atoms with Crippen LogP contribution in [0.15, 0.2) is 0 Å². The molecular weight excluding hydrogens is 366 g/mol. The summed E-state index contributed by atoms with van der Waals surface area (Å²) >= 11 is 0. The number of amides is 2. The summed E-state index contributed by atoms with van der Waals surface area (Å²) in [6.45, 7) is 6.54. The molecule has 1 N–H and O–H groups in total. The van der Waals surface area contributed by atoms with E-state index in [9.17, 15) is 18.0 Å². The first kappa shape index (κ1) is 20.6. The highest BCUT2D eigenvalue weighted by Crippen LogP contribution is 2.41. The molecule has 0 aromatic heterocycles. The number of likely N-dealkylation sites (tertiary alicyclic amines) is 1. The van der Waals surface area contributed by atoms with Gasteiger partial charge < -0.3 is 10.2 Å². The smallest absolute Gasteiger partial charge is 0.241 e. The third kappa shape index (κ3) is 4.16. The molecule has 0 radical (unpaired) electrons. The van der Waals surface area contributed by atoms with Crippen molar-refractivity contribution in [2.75, 3.05) is 25.9 Å². The normalized spacial score (nSPS) is 29.6. The predicted molar refractivity (Wildman–Crippen MR) is 103 cm³/mol. The summed E-state index contributed by atoms with van der Waals surface area (Å²) in [5.41, 5.74) is 0. The van der Waals surface area contributed by atoms with E-state index in [1.165, 1.54) is 12.8 Å². The van der Waals surface area contributed by atoms with Crippen LogP contribution in [0.5, 0.6) is 0 Å². The lowest BCUT2D eigenvalue weighted by Crippen LogP contribution is -2.44. The van der Waals surface area contributed by atoms with Crippen LogP contribution in [0.1, 0.15) is 52.4 Å². The van der Waals surface area contributed by atoms with Crippen LogP contribution in [0.3, 0.4) is 0 Å². The maximum Gasteiger partial charge on any atom is 0.241 e. The number of fused-ring (bicyclic) bond motifs is 1. The summed E-state index contributed by atoms with van der Waals surface area (Å²) in [4.78, 5) is 27.5. The lowest BCUT2D eigenvalue weighted by molar-refractivity contribution is -0.134. The first-order valence-electron chi connectivity index (χ1n) is 10.2. The van der Waals surface area contributed by atoms with Crippen LogP contribution in [-0.2, 0) is 19.6 Å². The summed E-state index contributed by atoms with van der Waals surface area (Å²) in [5.74, 6) is 0.00278. The van der Waals surface area contributed by atoms with Crippen LogP contribution in [0.4, 0.5) is 0 Å². The fourth-order valence-electron chi connectivity index (χ4n) is 5.18. The van der Waals surface area contributed by atoms with E-state index in [2.05, 4.69) is 5.32 Å². The Kier molecular flexibility index (Phi) is 6.15. The van der Waals surface area contributed by atoms with E-state index in [-0.39, 0.29) is 23.8 Å². The van der Waals surface area contributed by atoms with E-state index in [1.54, 1.807) is 4.90 Å². The van der Waals surface area contributed by atoms with E-state index in [4.69, 9.17) is 0 Å². The monoisotopic (exact) mass is 399 g/mol. The van der Waals surface area contributed by atoms with Gasteiger partial charge in [-0.3, -0.25) is 9.59 Å². The molecule has 2 amide bonds. The number of nitrogens with one attached hydrogen (secondary N) is 1. The van der Waals surface area contributed by atoms with Crippen LogP contribution >= 0.6 is 0 Å². The van der Waals surface area contributed by atoms with Gasteiger partial charge in [0, 0.05) is 13.0 Å². The quantitative estimate of drug-likeness (QED) is 0.725. The topological polar surface area (TPSA) is 86.8 Å². The third-order valence-electron chi connectivity index (χ3n) is 6.45. The molecule has 3 heterocycles. The number of rotatable bonds is 6. The van der Waals surface area contributed by atoms with E-state index in [0.717, 1.165) is 36.5 Å². The number of hydrogen-bond acceptors (Lipinski definition) is 5. The molecule has 7 nitrogen and oxygen atoms in total. The Morgan fingerprint density at radius 3 is 2.48 bits per heavy atom. The number of piperidine rings is 1. The molecule has 3 aliphatic rings. The van der Waals surface area contributed by atoms with Gasteiger partial charge in [0.2, 0.25) is 21.8 Å². The van der Waals surface area contributed by atoms with Crippen LogP contribution in [0.25, 0.3) is 0 Å². The van der Waals surface area contributed by atoms with Crippen molar-refractivity contribution in [3.05, 3.63) is 0 Å². The van der Waals surface area contributed by atoms with Gasteiger partial charge in [0.15, 0.2) is 0 Å². The molecule has 8 heteroatoms. The lowest BCUT2D eigenvalue weighted by Gasteiger charge is -2.29. The fraction of sp³-hybridized carbons (Fsp3) is 0.895. The minimum absolute atomic E-state index is 0.000103. The van der Waals surface area contributed by atoms with E-state index >= 15 is 0 Å². The summed E-state index contributed by atoms with van der Waals surface area (Å²) in [6, 6.07) is -0.702. The van der Waals surface area contributed by atoms with Gasteiger partial charge in [-0.05, 0) is 57.0 Å². The largest absolute Gasteiger partial charge is 0.337 e. The van der Waals surface area contributed by atoms with Crippen molar-refractivity contribution in [1.29, 1.82) is 0 Å². The molecule has 0 saturated carbocycles. The second kappa shape index (κ2) is 8.07. The van der Waals surface area contributed by atoms with Gasteiger partial charge in [0.1, 0.15) is 0 Å². The average molecular weight is 400 g/mol. The molecule has 3 fully saturated rings. The van der Waals surface area contributed by atoms with Gasteiger partial charge in [-0.1, -0.05) is 13.8 Å². The van der Waals surface area contributed by atoms with Crippen LogP contribution in [-0.4, -0.2) is 67.4 Å². The Hall–Kier alpha value is -1.15. The molecule has 0 bridgehead atoms. The van der Waals surface area contributed by atoms with Crippen molar-refractivity contribution in [3.63, 3.8) is 0 Å². The molecule has 0 spiro atoms. The summed E-state index contributed by atoms with van der Waals surface area (Å²) in [5, 5.41) is 3.36. The molecule has 0 aromatic carbocycles. The Bertz CT molecular complexity index is 672. The van der Waals surface area contributed by atoms with Gasteiger partial charge in [-0.25, -0.2) is 12.7 Å². The highest BCUT2D eigenvalue weighted by atomic mass is 32.2. The molecule has 0 aromatic rings. The number of nitrogens with zero attached hydrogens (tertiary/aromatic N) is 2. The lowest BCUT2D eigenvalue weighted by atomic mass is 9.88. The zero-order valence-corrected chi connectivity index (χ0v) is 17.5. The minimum atomic E-state index is -3.61. The summed E-state index contributed by atoms with van der Waals surface area (Å²) in [6.07, 6.45) is 6.42. The summed E-state index contributed by atoms with van der Waals surface area (Å²) < 4.78 is 25.4. The molecule has 3 rings (SSSR count). The minimum Gasteiger partial charge on any atom is -0.337 e. The van der Waals surface area contributed by atoms with Crippen LogP contribution in [0, 0.1) is 17.8 Å². The van der Waals surface area contributed by atoms with Gasteiger partial charge in [0.25, 0.3) is 0 Å². The van der Waals surface area contributed by atoms with Crippen molar-refractivity contribution < 1.29 is 18.0 Å². The summed E-state index contributed by atoms with van der Waals surface area (Å²) in [7, 11) is -3.61. The first-order chi connectivity index (χ1) is 12.7. The molecular formula is C19H33N3O4S. The zero-order valence-electron chi connectivity index (χ0n) is 16.7. The average Bonchev–Trinajstić information content (AvgIpc) is 3.11. The molecule has 0 unspecified atom stereocenters. The number of carbonyl (C=O) groups excluding carboxylic acids is 2. The van der Waals surface area contributed by atoms with Crippen molar-refractivity contribution >= 4 is 21.8 Å².